The molecular formula is C19H14N4O4. The van der Waals surface area contributed by atoms with E-state index in [9.17, 15) is 14.4 Å². The van der Waals surface area contributed by atoms with E-state index in [2.05, 4.69) is 15.5 Å². The van der Waals surface area contributed by atoms with Crippen LogP contribution in [-0.4, -0.2) is 39.3 Å². The average molecular weight is 362 g/mol. The van der Waals surface area contributed by atoms with Crippen molar-refractivity contribution in [3.05, 3.63) is 71.6 Å². The fourth-order valence-electron chi connectivity index (χ4n) is 2.79. The predicted octanol–water partition coefficient (Wildman–Crippen LogP) is 1.65. The van der Waals surface area contributed by atoms with E-state index >= 15 is 0 Å². The Morgan fingerprint density at radius 3 is 2.26 bits per heavy atom. The number of carbonyl (C=O) groups excluding carboxylic acids is 3. The standard InChI is InChI=1S/C19H14N4O4/c24-15(11-23-18(25)13-8-4-5-9-14(13)19(23)26)20-10-16-21-17(22-27-16)12-6-2-1-3-7-12/h1-9H,10-11H2,(H,20,24). The molecule has 1 aliphatic heterocycles. The first-order valence-electron chi connectivity index (χ1n) is 8.23. The molecule has 0 bridgehead atoms. The summed E-state index contributed by atoms with van der Waals surface area (Å²) in [6, 6.07) is 15.8. The van der Waals surface area contributed by atoms with Gasteiger partial charge < -0.3 is 9.84 Å². The van der Waals surface area contributed by atoms with Crippen LogP contribution >= 0.6 is 0 Å². The lowest BCUT2D eigenvalue weighted by atomic mass is 10.1. The Morgan fingerprint density at radius 2 is 1.59 bits per heavy atom. The van der Waals surface area contributed by atoms with E-state index in [1.54, 1.807) is 24.3 Å². The van der Waals surface area contributed by atoms with Crippen molar-refractivity contribution in [2.75, 3.05) is 6.54 Å². The molecule has 4 rings (SSSR count). The van der Waals surface area contributed by atoms with Gasteiger partial charge in [0.05, 0.1) is 17.7 Å². The molecule has 0 spiro atoms. The first-order valence-corrected chi connectivity index (χ1v) is 8.23. The summed E-state index contributed by atoms with van der Waals surface area (Å²) in [7, 11) is 0. The molecule has 0 saturated carbocycles. The average Bonchev–Trinajstić information content (AvgIpc) is 3.27. The molecule has 8 nitrogen and oxygen atoms in total. The number of nitrogens with zero attached hydrogens (tertiary/aromatic N) is 3. The largest absolute Gasteiger partial charge is 0.345 e. The molecule has 2 heterocycles. The SMILES string of the molecule is O=C(CN1C(=O)c2ccccc2C1=O)NCc1nc(-c2ccccc2)no1. The van der Waals surface area contributed by atoms with Crippen LogP contribution in [0.3, 0.4) is 0 Å². The van der Waals surface area contributed by atoms with Crippen LogP contribution in [0.15, 0.2) is 59.1 Å². The minimum Gasteiger partial charge on any atom is -0.345 e. The molecule has 0 radical (unpaired) electrons. The Labute approximate surface area is 153 Å². The van der Waals surface area contributed by atoms with Gasteiger partial charge in [-0.25, -0.2) is 0 Å². The van der Waals surface area contributed by atoms with Crippen LogP contribution < -0.4 is 5.32 Å². The van der Waals surface area contributed by atoms with E-state index < -0.39 is 17.7 Å². The maximum atomic E-state index is 12.3. The highest BCUT2D eigenvalue weighted by Crippen LogP contribution is 2.22. The summed E-state index contributed by atoms with van der Waals surface area (Å²) in [6.07, 6.45) is 0. The molecular weight excluding hydrogens is 348 g/mol. The van der Waals surface area contributed by atoms with Gasteiger partial charge in [-0.3, -0.25) is 19.3 Å². The molecule has 3 aromatic rings. The molecule has 2 aromatic carbocycles. The molecule has 0 atom stereocenters. The maximum absolute atomic E-state index is 12.3. The highest BCUT2D eigenvalue weighted by molar-refractivity contribution is 6.22. The zero-order chi connectivity index (χ0) is 18.8. The van der Waals surface area contributed by atoms with Gasteiger partial charge in [0.1, 0.15) is 6.54 Å². The second-order valence-electron chi connectivity index (χ2n) is 5.90. The number of carbonyl (C=O) groups is 3. The van der Waals surface area contributed by atoms with E-state index in [1.807, 2.05) is 30.3 Å². The number of rotatable bonds is 5. The van der Waals surface area contributed by atoms with Crippen molar-refractivity contribution in [3.8, 4) is 11.4 Å². The Hall–Kier alpha value is -3.81. The quantitative estimate of drug-likeness (QED) is 0.692. The Bertz CT molecular complexity index is 994. The van der Waals surface area contributed by atoms with E-state index in [-0.39, 0.29) is 19.0 Å². The summed E-state index contributed by atoms with van der Waals surface area (Å²) in [6.45, 7) is -0.367. The summed E-state index contributed by atoms with van der Waals surface area (Å²) in [5, 5.41) is 6.44. The van der Waals surface area contributed by atoms with Crippen molar-refractivity contribution >= 4 is 17.7 Å². The van der Waals surface area contributed by atoms with Crippen LogP contribution in [0.2, 0.25) is 0 Å². The van der Waals surface area contributed by atoms with Gasteiger partial charge >= 0.3 is 0 Å². The van der Waals surface area contributed by atoms with Gasteiger partial charge in [0.15, 0.2) is 0 Å². The van der Waals surface area contributed by atoms with Gasteiger partial charge in [-0.1, -0.05) is 47.6 Å². The summed E-state index contributed by atoms with van der Waals surface area (Å²) < 4.78 is 5.11. The number of nitrogens with one attached hydrogen (secondary N) is 1. The highest BCUT2D eigenvalue weighted by Gasteiger charge is 2.36. The molecule has 0 unspecified atom stereocenters. The highest BCUT2D eigenvalue weighted by atomic mass is 16.5. The van der Waals surface area contributed by atoms with Crippen LogP contribution in [0, 0.1) is 0 Å². The van der Waals surface area contributed by atoms with Gasteiger partial charge in [-0.05, 0) is 12.1 Å². The normalized spacial score (nSPS) is 13.0. The zero-order valence-electron chi connectivity index (χ0n) is 14.1. The van der Waals surface area contributed by atoms with Gasteiger partial charge in [0.2, 0.25) is 17.6 Å². The van der Waals surface area contributed by atoms with Crippen molar-refractivity contribution in [1.29, 1.82) is 0 Å². The molecule has 3 amide bonds. The van der Waals surface area contributed by atoms with Crippen molar-refractivity contribution < 1.29 is 18.9 Å². The predicted molar refractivity (Wildman–Crippen MR) is 93.4 cm³/mol. The van der Waals surface area contributed by atoms with Crippen molar-refractivity contribution in [2.24, 2.45) is 0 Å². The topological polar surface area (TPSA) is 105 Å². The smallest absolute Gasteiger partial charge is 0.262 e. The summed E-state index contributed by atoms with van der Waals surface area (Å²) in [4.78, 5) is 41.8. The van der Waals surface area contributed by atoms with Crippen LogP contribution in [0.1, 0.15) is 26.6 Å². The lowest BCUT2D eigenvalue weighted by Crippen LogP contribution is -2.40. The lowest BCUT2D eigenvalue weighted by Gasteiger charge is -2.12. The Balaban J connectivity index is 1.37. The first kappa shape index (κ1) is 16.6. The third-order valence-corrected chi connectivity index (χ3v) is 4.12. The second kappa shape index (κ2) is 6.83. The Kier molecular flexibility index (Phi) is 4.21. The van der Waals surface area contributed by atoms with Crippen LogP contribution in [0.25, 0.3) is 11.4 Å². The third-order valence-electron chi connectivity index (χ3n) is 4.12. The van der Waals surface area contributed by atoms with E-state index in [0.717, 1.165) is 10.5 Å². The number of aromatic nitrogens is 2. The molecule has 1 N–H and O–H groups in total. The van der Waals surface area contributed by atoms with Crippen LogP contribution in [0.5, 0.6) is 0 Å². The number of hydrogen-bond acceptors (Lipinski definition) is 6. The molecule has 0 saturated heterocycles. The number of amides is 3. The van der Waals surface area contributed by atoms with Gasteiger partial charge in [0.25, 0.3) is 11.8 Å². The Morgan fingerprint density at radius 1 is 0.963 bits per heavy atom. The van der Waals surface area contributed by atoms with Gasteiger partial charge in [-0.15, -0.1) is 0 Å². The first-order chi connectivity index (χ1) is 13.1. The lowest BCUT2D eigenvalue weighted by molar-refractivity contribution is -0.121. The molecule has 134 valence electrons. The maximum Gasteiger partial charge on any atom is 0.262 e. The van der Waals surface area contributed by atoms with Crippen molar-refractivity contribution in [3.63, 3.8) is 0 Å². The number of hydrogen-bond donors (Lipinski definition) is 1. The molecule has 27 heavy (non-hydrogen) atoms. The number of benzene rings is 2. The van der Waals surface area contributed by atoms with Crippen LogP contribution in [-0.2, 0) is 11.3 Å². The summed E-state index contributed by atoms with van der Waals surface area (Å²) in [5.41, 5.74) is 1.41. The molecule has 0 aliphatic carbocycles. The fraction of sp³-hybridized carbons (Fsp3) is 0.105. The van der Waals surface area contributed by atoms with E-state index in [4.69, 9.17) is 4.52 Å². The molecule has 8 heteroatoms. The molecule has 1 aliphatic rings. The van der Waals surface area contributed by atoms with Gasteiger partial charge in [0, 0.05) is 5.56 Å². The minimum absolute atomic E-state index is 0.00182. The third kappa shape index (κ3) is 3.20. The van der Waals surface area contributed by atoms with Crippen LogP contribution in [0.4, 0.5) is 0 Å². The molecule has 1 aromatic heterocycles. The number of imide groups is 1. The van der Waals surface area contributed by atoms with Gasteiger partial charge in [-0.2, -0.15) is 4.98 Å². The van der Waals surface area contributed by atoms with E-state index in [1.165, 1.54) is 0 Å². The monoisotopic (exact) mass is 362 g/mol. The zero-order valence-corrected chi connectivity index (χ0v) is 14.1. The van der Waals surface area contributed by atoms with Crippen molar-refractivity contribution in [2.45, 2.75) is 6.54 Å². The van der Waals surface area contributed by atoms with E-state index in [0.29, 0.717) is 17.0 Å². The minimum atomic E-state index is -0.496. The summed E-state index contributed by atoms with van der Waals surface area (Å²) >= 11 is 0. The molecule has 0 fully saturated rings. The number of fused-ring (bicyclic) bond motifs is 1. The fourth-order valence-corrected chi connectivity index (χ4v) is 2.79. The second-order valence-corrected chi connectivity index (χ2v) is 5.90. The van der Waals surface area contributed by atoms with Crippen molar-refractivity contribution in [1.82, 2.24) is 20.4 Å². The summed E-state index contributed by atoms with van der Waals surface area (Å²) in [5.74, 6) is -0.807.